The Morgan fingerprint density at radius 3 is 2.24 bits per heavy atom. The molecule has 2 N–H and O–H groups in total. The van der Waals surface area contributed by atoms with E-state index in [1.807, 2.05) is 0 Å². The molecule has 10 heteroatoms. The van der Waals surface area contributed by atoms with Crippen LogP contribution < -0.4 is 10.6 Å². The highest BCUT2D eigenvalue weighted by atomic mass is 32.2. The minimum absolute atomic E-state index is 0.167. The number of sulfone groups is 1. The number of amides is 3. The molecule has 0 saturated heterocycles. The Balaban J connectivity index is 2.95. The van der Waals surface area contributed by atoms with Crippen molar-refractivity contribution in [2.24, 2.45) is 0 Å². The minimum atomic E-state index is -3.58. The van der Waals surface area contributed by atoms with Crippen LogP contribution in [-0.2, 0) is 19.4 Å². The zero-order valence-electron chi connectivity index (χ0n) is 13.9. The number of nitriles is 1. The normalized spacial score (nSPS) is 11.8. The van der Waals surface area contributed by atoms with E-state index in [2.05, 4.69) is 10.6 Å². The topological polar surface area (TPSA) is 136 Å². The maximum Gasteiger partial charge on any atom is 0.258 e. The summed E-state index contributed by atoms with van der Waals surface area (Å²) in [6, 6.07) is 4.42. The van der Waals surface area contributed by atoms with Crippen molar-refractivity contribution in [2.45, 2.75) is 13.0 Å². The number of anilines is 1. The molecule has 0 saturated carbocycles. The van der Waals surface area contributed by atoms with Crippen LogP contribution in [0.25, 0.3) is 0 Å². The molecule has 0 aliphatic heterocycles. The number of rotatable bonds is 6. The summed E-state index contributed by atoms with van der Waals surface area (Å²) in [7, 11) is -2.40. The summed E-state index contributed by atoms with van der Waals surface area (Å²) in [6.07, 6.45) is 2.49. The molecule has 0 spiro atoms. The van der Waals surface area contributed by atoms with Crippen molar-refractivity contribution in [2.75, 3.05) is 24.4 Å². The third-order valence-corrected chi connectivity index (χ3v) is 3.96. The molecule has 0 heterocycles. The van der Waals surface area contributed by atoms with Crippen molar-refractivity contribution in [3.8, 4) is 6.19 Å². The average Bonchev–Trinajstić information content (AvgIpc) is 2.51. The number of nitrogens with one attached hydrogen (secondary N) is 2. The second kappa shape index (κ2) is 8.25. The Labute approximate surface area is 145 Å². The molecule has 0 radical (unpaired) electrons. The van der Waals surface area contributed by atoms with Crippen molar-refractivity contribution in [1.82, 2.24) is 10.2 Å². The second-order valence-corrected chi connectivity index (χ2v) is 7.56. The standard InChI is InChI=1S/C15H18N4O5S/c1-10(20)17-12-6-4-11(5-7-12)14(21)18-13(8-25(3,23)24)15(22)19(2)9-16/h4-7,13H,8H2,1-3H3,(H,17,20)(H,18,21). The largest absolute Gasteiger partial charge is 0.339 e. The summed E-state index contributed by atoms with van der Waals surface area (Å²) in [4.78, 5) is 35.9. The molecule has 1 aromatic rings. The predicted molar refractivity (Wildman–Crippen MR) is 90.1 cm³/mol. The van der Waals surface area contributed by atoms with Crippen LogP contribution in [0.5, 0.6) is 0 Å². The zero-order valence-corrected chi connectivity index (χ0v) is 14.8. The Hall–Kier alpha value is -2.93. The molecule has 0 aromatic heterocycles. The molecule has 134 valence electrons. The van der Waals surface area contributed by atoms with Crippen LogP contribution in [0.15, 0.2) is 24.3 Å². The predicted octanol–water partition coefficient (Wildman–Crippen LogP) is -0.273. The summed E-state index contributed by atoms with van der Waals surface area (Å²) in [5.41, 5.74) is 0.650. The highest BCUT2D eigenvalue weighted by Gasteiger charge is 2.28. The Morgan fingerprint density at radius 2 is 1.80 bits per heavy atom. The number of carbonyl (C=O) groups is 3. The van der Waals surface area contributed by atoms with Crippen LogP contribution in [0.3, 0.4) is 0 Å². The Kier molecular flexibility index (Phi) is 6.64. The summed E-state index contributed by atoms with van der Waals surface area (Å²) < 4.78 is 23.0. The van der Waals surface area contributed by atoms with Gasteiger partial charge in [0.25, 0.3) is 11.8 Å². The third-order valence-electron chi connectivity index (χ3n) is 3.02. The number of hydrogen-bond donors (Lipinski definition) is 2. The van der Waals surface area contributed by atoms with Crippen molar-refractivity contribution < 1.29 is 22.8 Å². The van der Waals surface area contributed by atoms with Crippen LogP contribution in [0, 0.1) is 11.5 Å². The summed E-state index contributed by atoms with van der Waals surface area (Å²) in [6.45, 7) is 1.34. The van der Waals surface area contributed by atoms with Gasteiger partial charge in [-0.1, -0.05) is 0 Å². The molecule has 1 atom stereocenters. The van der Waals surface area contributed by atoms with E-state index in [0.717, 1.165) is 6.26 Å². The lowest BCUT2D eigenvalue weighted by Gasteiger charge is -2.19. The van der Waals surface area contributed by atoms with E-state index in [4.69, 9.17) is 5.26 Å². The molecule has 0 aliphatic carbocycles. The Bertz CT molecular complexity index is 811. The van der Waals surface area contributed by atoms with Gasteiger partial charge in [0.1, 0.15) is 15.9 Å². The maximum atomic E-state index is 12.2. The van der Waals surface area contributed by atoms with Gasteiger partial charge in [-0.3, -0.25) is 19.3 Å². The zero-order chi connectivity index (χ0) is 19.2. The van der Waals surface area contributed by atoms with Gasteiger partial charge in [-0.15, -0.1) is 0 Å². The molecule has 1 rings (SSSR count). The fourth-order valence-electron chi connectivity index (χ4n) is 1.91. The molecule has 1 aromatic carbocycles. The third kappa shape index (κ3) is 6.60. The summed E-state index contributed by atoms with van der Waals surface area (Å²) in [5.74, 6) is -2.41. The van der Waals surface area contributed by atoms with Gasteiger partial charge in [0, 0.05) is 31.5 Å². The van der Waals surface area contributed by atoms with Crippen LogP contribution in [0.2, 0.25) is 0 Å². The molecule has 0 bridgehead atoms. The highest BCUT2D eigenvalue weighted by Crippen LogP contribution is 2.10. The summed E-state index contributed by atoms with van der Waals surface area (Å²) in [5, 5.41) is 13.6. The lowest BCUT2D eigenvalue weighted by atomic mass is 10.1. The molecule has 0 fully saturated rings. The van der Waals surface area contributed by atoms with Crippen molar-refractivity contribution in [3.05, 3.63) is 29.8 Å². The lowest BCUT2D eigenvalue weighted by molar-refractivity contribution is -0.128. The maximum absolute atomic E-state index is 12.2. The fraction of sp³-hybridized carbons (Fsp3) is 0.333. The van der Waals surface area contributed by atoms with Gasteiger partial charge in [-0.05, 0) is 24.3 Å². The van der Waals surface area contributed by atoms with E-state index in [1.54, 1.807) is 6.19 Å². The van der Waals surface area contributed by atoms with Gasteiger partial charge < -0.3 is 10.6 Å². The second-order valence-electron chi connectivity index (χ2n) is 5.37. The first kappa shape index (κ1) is 20.1. The van der Waals surface area contributed by atoms with Crippen LogP contribution in [0.4, 0.5) is 5.69 Å². The lowest BCUT2D eigenvalue weighted by Crippen LogP contribution is -2.49. The first-order valence-corrected chi connectivity index (χ1v) is 9.13. The molecule has 9 nitrogen and oxygen atoms in total. The molecular formula is C15H18N4O5S. The fourth-order valence-corrected chi connectivity index (χ4v) is 2.74. The average molecular weight is 366 g/mol. The van der Waals surface area contributed by atoms with Crippen LogP contribution >= 0.6 is 0 Å². The molecular weight excluding hydrogens is 348 g/mol. The summed E-state index contributed by atoms with van der Waals surface area (Å²) >= 11 is 0. The van der Waals surface area contributed by atoms with E-state index < -0.39 is 33.4 Å². The van der Waals surface area contributed by atoms with Gasteiger partial charge in [0.15, 0.2) is 6.19 Å². The van der Waals surface area contributed by atoms with E-state index in [-0.39, 0.29) is 11.5 Å². The van der Waals surface area contributed by atoms with Gasteiger partial charge in [-0.2, -0.15) is 5.26 Å². The van der Waals surface area contributed by atoms with E-state index in [0.29, 0.717) is 10.6 Å². The monoisotopic (exact) mass is 366 g/mol. The number of carbonyl (C=O) groups excluding carboxylic acids is 3. The van der Waals surface area contributed by atoms with E-state index in [9.17, 15) is 22.8 Å². The first-order valence-electron chi connectivity index (χ1n) is 7.07. The van der Waals surface area contributed by atoms with E-state index in [1.165, 1.54) is 38.2 Å². The highest BCUT2D eigenvalue weighted by molar-refractivity contribution is 7.90. The minimum Gasteiger partial charge on any atom is -0.339 e. The molecule has 1 unspecified atom stereocenters. The first-order chi connectivity index (χ1) is 11.5. The molecule has 0 aliphatic rings. The van der Waals surface area contributed by atoms with Crippen LogP contribution in [0.1, 0.15) is 17.3 Å². The molecule has 25 heavy (non-hydrogen) atoms. The Morgan fingerprint density at radius 1 is 1.24 bits per heavy atom. The van der Waals surface area contributed by atoms with Gasteiger partial charge in [0.2, 0.25) is 5.91 Å². The van der Waals surface area contributed by atoms with Crippen molar-refractivity contribution in [3.63, 3.8) is 0 Å². The van der Waals surface area contributed by atoms with Gasteiger partial charge in [-0.25, -0.2) is 8.42 Å². The van der Waals surface area contributed by atoms with Crippen molar-refractivity contribution in [1.29, 1.82) is 5.26 Å². The molecule has 3 amide bonds. The number of nitrogens with zero attached hydrogens (tertiary/aromatic N) is 2. The number of hydrogen-bond acceptors (Lipinski definition) is 6. The SMILES string of the molecule is CC(=O)Nc1ccc(C(=O)NC(CS(C)(=O)=O)C(=O)N(C)C#N)cc1. The van der Waals surface area contributed by atoms with Crippen molar-refractivity contribution >= 4 is 33.2 Å². The van der Waals surface area contributed by atoms with E-state index >= 15 is 0 Å². The van der Waals surface area contributed by atoms with Gasteiger partial charge in [0.05, 0.1) is 5.75 Å². The van der Waals surface area contributed by atoms with Gasteiger partial charge >= 0.3 is 0 Å². The smallest absolute Gasteiger partial charge is 0.258 e. The van der Waals surface area contributed by atoms with Crippen LogP contribution in [-0.4, -0.2) is 56.1 Å². The quantitative estimate of drug-likeness (QED) is 0.525. The number of benzene rings is 1. The number of likely N-dealkylation sites (N-methyl/N-ethyl adjacent to an activating group) is 1.